The zero-order valence-electron chi connectivity index (χ0n) is 16.0. The molecular formula is C24H21N3O. The number of aliphatic imine (C=N–C) groups is 1. The van der Waals surface area contributed by atoms with Gasteiger partial charge in [0.15, 0.2) is 0 Å². The Morgan fingerprint density at radius 3 is 2.29 bits per heavy atom. The average molecular weight is 367 g/mol. The van der Waals surface area contributed by atoms with Crippen molar-refractivity contribution in [2.75, 3.05) is 14.1 Å². The molecule has 0 aliphatic carbocycles. The minimum Gasteiger partial charge on any atom is -0.345 e. The summed E-state index contributed by atoms with van der Waals surface area (Å²) in [6.07, 6.45) is 4.28. The molecule has 0 unspecified atom stereocenters. The predicted molar refractivity (Wildman–Crippen MR) is 113 cm³/mol. The summed E-state index contributed by atoms with van der Waals surface area (Å²) in [6, 6.07) is 22.0. The van der Waals surface area contributed by atoms with Crippen LogP contribution in [0.15, 0.2) is 84.1 Å². The molecule has 4 heteroatoms. The van der Waals surface area contributed by atoms with Gasteiger partial charge in [-0.2, -0.15) is 0 Å². The van der Waals surface area contributed by atoms with Gasteiger partial charge in [-0.25, -0.2) is 0 Å². The lowest BCUT2D eigenvalue weighted by Gasteiger charge is -2.12. The standard InChI is InChI=1S/C24H21N3O/c1-27(2)24(28)20-10-6-9-19(15-20)21-16-22(17-7-4-3-5-8-17)26-23(21)18-11-13-25-14-12-18/h3-15H,16H2,1-2H3. The van der Waals surface area contributed by atoms with Crippen molar-refractivity contribution in [2.24, 2.45) is 4.99 Å². The molecule has 0 fully saturated rings. The molecule has 1 aliphatic heterocycles. The number of nitrogens with zero attached hydrogens (tertiary/aromatic N) is 3. The SMILES string of the molecule is CN(C)C(=O)c1cccc(C2=C(c3ccncc3)N=C(c3ccccc3)C2)c1. The van der Waals surface area contributed by atoms with Crippen LogP contribution in [0.25, 0.3) is 11.3 Å². The van der Waals surface area contributed by atoms with E-state index in [1.165, 1.54) is 0 Å². The lowest BCUT2D eigenvalue weighted by Crippen LogP contribution is -2.21. The van der Waals surface area contributed by atoms with Gasteiger partial charge >= 0.3 is 0 Å². The Hall–Kier alpha value is -3.53. The third-order valence-corrected chi connectivity index (χ3v) is 4.80. The number of hydrogen-bond acceptors (Lipinski definition) is 3. The number of allylic oxidation sites excluding steroid dienone is 1. The van der Waals surface area contributed by atoms with E-state index in [0.29, 0.717) is 5.56 Å². The molecule has 0 atom stereocenters. The molecule has 4 rings (SSSR count). The molecular weight excluding hydrogens is 346 g/mol. The maximum atomic E-state index is 12.4. The molecule has 0 bridgehead atoms. The number of hydrogen-bond donors (Lipinski definition) is 0. The molecule has 0 saturated heterocycles. The Morgan fingerprint density at radius 1 is 0.857 bits per heavy atom. The normalized spacial score (nSPS) is 13.4. The van der Waals surface area contributed by atoms with Crippen molar-refractivity contribution in [1.82, 2.24) is 9.88 Å². The van der Waals surface area contributed by atoms with Gasteiger partial charge in [-0.15, -0.1) is 0 Å². The first kappa shape index (κ1) is 17.9. The first-order valence-corrected chi connectivity index (χ1v) is 9.22. The van der Waals surface area contributed by atoms with Crippen molar-refractivity contribution in [1.29, 1.82) is 0 Å². The van der Waals surface area contributed by atoms with E-state index in [1.807, 2.05) is 54.6 Å². The number of carbonyl (C=O) groups excluding carboxylic acids is 1. The highest BCUT2D eigenvalue weighted by molar-refractivity contribution is 6.17. The van der Waals surface area contributed by atoms with Crippen LogP contribution in [0.2, 0.25) is 0 Å². The lowest BCUT2D eigenvalue weighted by molar-refractivity contribution is 0.0827. The van der Waals surface area contributed by atoms with Gasteiger partial charge in [0.2, 0.25) is 0 Å². The molecule has 2 aromatic carbocycles. The van der Waals surface area contributed by atoms with Crippen LogP contribution >= 0.6 is 0 Å². The summed E-state index contributed by atoms with van der Waals surface area (Å²) in [4.78, 5) is 23.1. The van der Waals surface area contributed by atoms with Crippen LogP contribution in [-0.2, 0) is 0 Å². The maximum Gasteiger partial charge on any atom is 0.253 e. The number of aromatic nitrogens is 1. The number of pyridine rings is 1. The van der Waals surface area contributed by atoms with E-state index in [4.69, 9.17) is 4.99 Å². The van der Waals surface area contributed by atoms with Gasteiger partial charge in [0, 0.05) is 44.0 Å². The number of benzene rings is 2. The van der Waals surface area contributed by atoms with Crippen LogP contribution in [0.5, 0.6) is 0 Å². The molecule has 1 aromatic heterocycles. The highest BCUT2D eigenvalue weighted by atomic mass is 16.2. The zero-order valence-corrected chi connectivity index (χ0v) is 16.0. The minimum atomic E-state index is -0.00453. The fourth-order valence-corrected chi connectivity index (χ4v) is 3.38. The molecule has 0 spiro atoms. The Morgan fingerprint density at radius 2 is 1.57 bits per heavy atom. The van der Waals surface area contributed by atoms with E-state index in [0.717, 1.165) is 40.1 Å². The molecule has 0 radical (unpaired) electrons. The van der Waals surface area contributed by atoms with Crippen LogP contribution in [-0.4, -0.2) is 35.6 Å². The van der Waals surface area contributed by atoms with Crippen molar-refractivity contribution in [3.05, 3.63) is 101 Å². The van der Waals surface area contributed by atoms with Crippen molar-refractivity contribution >= 4 is 22.9 Å². The van der Waals surface area contributed by atoms with Crippen LogP contribution in [0.1, 0.15) is 33.5 Å². The molecule has 4 nitrogen and oxygen atoms in total. The third-order valence-electron chi connectivity index (χ3n) is 4.80. The molecule has 1 amide bonds. The van der Waals surface area contributed by atoms with Crippen LogP contribution in [0.3, 0.4) is 0 Å². The van der Waals surface area contributed by atoms with E-state index in [2.05, 4.69) is 17.1 Å². The van der Waals surface area contributed by atoms with Gasteiger partial charge in [0.25, 0.3) is 5.91 Å². The van der Waals surface area contributed by atoms with Gasteiger partial charge in [0.05, 0.1) is 11.4 Å². The zero-order chi connectivity index (χ0) is 19.5. The smallest absolute Gasteiger partial charge is 0.253 e. The quantitative estimate of drug-likeness (QED) is 0.679. The predicted octanol–water partition coefficient (Wildman–Crippen LogP) is 4.54. The van der Waals surface area contributed by atoms with E-state index in [9.17, 15) is 4.79 Å². The van der Waals surface area contributed by atoms with Crippen molar-refractivity contribution in [2.45, 2.75) is 6.42 Å². The first-order valence-electron chi connectivity index (χ1n) is 9.22. The molecule has 28 heavy (non-hydrogen) atoms. The minimum absolute atomic E-state index is 0.00453. The molecule has 2 heterocycles. The monoisotopic (exact) mass is 367 g/mol. The largest absolute Gasteiger partial charge is 0.345 e. The second-order valence-corrected chi connectivity index (χ2v) is 6.94. The Bertz CT molecular complexity index is 1070. The van der Waals surface area contributed by atoms with Gasteiger partial charge in [0.1, 0.15) is 0 Å². The Kier molecular flexibility index (Phi) is 4.85. The summed E-state index contributed by atoms with van der Waals surface area (Å²) < 4.78 is 0. The van der Waals surface area contributed by atoms with Gasteiger partial charge in [-0.3, -0.25) is 14.8 Å². The second kappa shape index (κ2) is 7.61. The average Bonchev–Trinajstić information content (AvgIpc) is 3.20. The van der Waals surface area contributed by atoms with E-state index in [-0.39, 0.29) is 5.91 Å². The molecule has 0 N–H and O–H groups in total. The van der Waals surface area contributed by atoms with Gasteiger partial charge < -0.3 is 4.90 Å². The summed E-state index contributed by atoms with van der Waals surface area (Å²) in [7, 11) is 3.53. The molecule has 3 aromatic rings. The Balaban J connectivity index is 1.80. The van der Waals surface area contributed by atoms with Crippen LogP contribution in [0.4, 0.5) is 0 Å². The molecule has 1 aliphatic rings. The van der Waals surface area contributed by atoms with E-state index >= 15 is 0 Å². The summed E-state index contributed by atoms with van der Waals surface area (Å²) in [5, 5.41) is 0. The summed E-state index contributed by atoms with van der Waals surface area (Å²) in [5.41, 5.74) is 6.94. The Labute approximate surface area is 164 Å². The third kappa shape index (κ3) is 3.49. The van der Waals surface area contributed by atoms with Crippen LogP contribution in [0, 0.1) is 0 Å². The van der Waals surface area contributed by atoms with Gasteiger partial charge in [-0.1, -0.05) is 42.5 Å². The lowest BCUT2D eigenvalue weighted by atomic mass is 9.95. The molecule has 138 valence electrons. The number of carbonyl (C=O) groups is 1. The van der Waals surface area contributed by atoms with Crippen LogP contribution < -0.4 is 0 Å². The number of rotatable bonds is 4. The number of amides is 1. The van der Waals surface area contributed by atoms with Crippen molar-refractivity contribution < 1.29 is 4.79 Å². The van der Waals surface area contributed by atoms with Gasteiger partial charge in [-0.05, 0) is 41.0 Å². The fraction of sp³-hybridized carbons (Fsp3) is 0.125. The van der Waals surface area contributed by atoms with E-state index in [1.54, 1.807) is 31.4 Å². The van der Waals surface area contributed by atoms with Crippen molar-refractivity contribution in [3.63, 3.8) is 0 Å². The summed E-state index contributed by atoms with van der Waals surface area (Å²) >= 11 is 0. The van der Waals surface area contributed by atoms with E-state index < -0.39 is 0 Å². The van der Waals surface area contributed by atoms with Crippen molar-refractivity contribution in [3.8, 4) is 0 Å². The first-order chi connectivity index (χ1) is 13.6. The topological polar surface area (TPSA) is 45.6 Å². The second-order valence-electron chi connectivity index (χ2n) is 6.94. The maximum absolute atomic E-state index is 12.4. The molecule has 0 saturated carbocycles. The highest BCUT2D eigenvalue weighted by Gasteiger charge is 2.22. The summed E-state index contributed by atoms with van der Waals surface area (Å²) in [6.45, 7) is 0. The fourth-order valence-electron chi connectivity index (χ4n) is 3.38. The summed E-state index contributed by atoms with van der Waals surface area (Å²) in [5.74, 6) is -0.00453. The highest BCUT2D eigenvalue weighted by Crippen LogP contribution is 2.37.